The highest BCUT2D eigenvalue weighted by molar-refractivity contribution is 6.50. The van der Waals surface area contributed by atoms with Crippen LogP contribution in [0, 0.1) is 0 Å². The smallest absolute Gasteiger partial charge is 0.229 e. The summed E-state index contributed by atoms with van der Waals surface area (Å²) < 4.78 is 39.4. The van der Waals surface area contributed by atoms with Gasteiger partial charge in [0.1, 0.15) is 15.2 Å². The standard InChI is InChI=1S/C11H9F3N2Si/c1-17-10-7-9(11(12,13)14)16(15-10)8-5-3-2-4-6-8/h2-7H,1H3. The Morgan fingerprint density at radius 3 is 2.35 bits per heavy atom. The molecule has 0 amide bonds. The monoisotopic (exact) mass is 254 g/mol. The molecule has 0 unspecified atom stereocenters. The van der Waals surface area contributed by atoms with E-state index in [1.54, 1.807) is 36.9 Å². The van der Waals surface area contributed by atoms with E-state index in [1.807, 2.05) is 0 Å². The van der Waals surface area contributed by atoms with Gasteiger partial charge in [-0.15, -0.1) is 0 Å². The first-order chi connectivity index (χ1) is 8.02. The van der Waals surface area contributed by atoms with Crippen LogP contribution in [0.15, 0.2) is 36.4 Å². The van der Waals surface area contributed by atoms with E-state index >= 15 is 0 Å². The molecular formula is C11H9F3N2Si. The van der Waals surface area contributed by atoms with Gasteiger partial charge in [-0.1, -0.05) is 24.7 Å². The molecule has 0 aliphatic heterocycles. The fourth-order valence-electron chi connectivity index (χ4n) is 1.47. The molecule has 88 valence electrons. The Morgan fingerprint density at radius 2 is 1.82 bits per heavy atom. The van der Waals surface area contributed by atoms with Crippen LogP contribution in [0.1, 0.15) is 5.69 Å². The minimum absolute atomic E-state index is 0.239. The van der Waals surface area contributed by atoms with Gasteiger partial charge in [0, 0.05) is 5.32 Å². The molecular weight excluding hydrogens is 245 g/mol. The van der Waals surface area contributed by atoms with E-state index in [4.69, 9.17) is 0 Å². The van der Waals surface area contributed by atoms with Crippen LogP contribution >= 0.6 is 0 Å². The van der Waals surface area contributed by atoms with Gasteiger partial charge in [0.15, 0.2) is 0 Å². The molecule has 2 rings (SSSR count). The Bertz CT molecular complexity index is 505. The lowest BCUT2D eigenvalue weighted by Gasteiger charge is -2.09. The molecule has 0 aliphatic carbocycles. The molecule has 0 atom stereocenters. The molecule has 2 nitrogen and oxygen atoms in total. The summed E-state index contributed by atoms with van der Waals surface area (Å²) in [5.41, 5.74) is -0.308. The molecule has 2 aromatic rings. The maximum atomic E-state index is 12.8. The summed E-state index contributed by atoms with van der Waals surface area (Å²) in [6.07, 6.45) is -4.39. The number of nitrogens with zero attached hydrogens (tertiary/aromatic N) is 2. The quantitative estimate of drug-likeness (QED) is 0.752. The highest BCUT2D eigenvalue weighted by Crippen LogP contribution is 2.29. The first-order valence-electron chi connectivity index (χ1n) is 4.93. The summed E-state index contributed by atoms with van der Waals surface area (Å²) in [7, 11) is 0.239. The largest absolute Gasteiger partial charge is 0.433 e. The maximum Gasteiger partial charge on any atom is 0.433 e. The number of alkyl halides is 3. The van der Waals surface area contributed by atoms with Gasteiger partial charge in [-0.2, -0.15) is 18.3 Å². The van der Waals surface area contributed by atoms with E-state index in [2.05, 4.69) is 5.10 Å². The SMILES string of the molecule is C[Si]c1cc(C(F)(F)F)n(-c2ccccc2)n1. The third-order valence-corrected chi connectivity index (χ3v) is 3.01. The minimum Gasteiger partial charge on any atom is -0.229 e. The summed E-state index contributed by atoms with van der Waals surface area (Å²) in [5, 5.41) is 4.43. The molecule has 0 fully saturated rings. The van der Waals surface area contributed by atoms with Crippen molar-refractivity contribution >= 4 is 14.8 Å². The topological polar surface area (TPSA) is 17.8 Å². The Kier molecular flexibility index (Phi) is 3.06. The second kappa shape index (κ2) is 4.36. The van der Waals surface area contributed by atoms with Gasteiger partial charge < -0.3 is 0 Å². The number of halogens is 3. The molecule has 1 heterocycles. The summed E-state index contributed by atoms with van der Waals surface area (Å²) in [5.74, 6) is 0. The molecule has 0 saturated carbocycles. The molecule has 2 radical (unpaired) electrons. The van der Waals surface area contributed by atoms with Gasteiger partial charge in [0.2, 0.25) is 0 Å². The van der Waals surface area contributed by atoms with Gasteiger partial charge >= 0.3 is 6.18 Å². The summed E-state index contributed by atoms with van der Waals surface area (Å²) in [6.45, 7) is 1.80. The number of hydrogen-bond donors (Lipinski definition) is 0. The predicted molar refractivity (Wildman–Crippen MR) is 59.8 cm³/mol. The predicted octanol–water partition coefficient (Wildman–Crippen LogP) is 2.27. The van der Waals surface area contributed by atoms with E-state index in [0.29, 0.717) is 11.0 Å². The third kappa shape index (κ3) is 2.41. The molecule has 0 aliphatic rings. The lowest BCUT2D eigenvalue weighted by Crippen LogP contribution is -2.14. The van der Waals surface area contributed by atoms with Gasteiger partial charge in [0.25, 0.3) is 0 Å². The van der Waals surface area contributed by atoms with Gasteiger partial charge in [-0.05, 0) is 18.2 Å². The van der Waals surface area contributed by atoms with Crippen molar-refractivity contribution in [2.75, 3.05) is 0 Å². The summed E-state index contributed by atoms with van der Waals surface area (Å²) in [6, 6.07) is 9.43. The Hall–Kier alpha value is -1.56. The molecule has 0 spiro atoms. The number of hydrogen-bond acceptors (Lipinski definition) is 1. The fourth-order valence-corrected chi connectivity index (χ4v) is 1.95. The van der Waals surface area contributed by atoms with E-state index in [1.165, 1.54) is 0 Å². The van der Waals surface area contributed by atoms with Crippen molar-refractivity contribution < 1.29 is 13.2 Å². The zero-order valence-corrected chi connectivity index (χ0v) is 9.99. The van der Waals surface area contributed by atoms with E-state index in [0.717, 1.165) is 10.7 Å². The molecule has 0 bridgehead atoms. The number of rotatable bonds is 2. The number of para-hydroxylation sites is 1. The number of aromatic nitrogens is 2. The lowest BCUT2D eigenvalue weighted by molar-refractivity contribution is -0.142. The van der Waals surface area contributed by atoms with Crippen LogP contribution in [0.3, 0.4) is 0 Å². The van der Waals surface area contributed by atoms with Crippen LogP contribution in [0.5, 0.6) is 0 Å². The van der Waals surface area contributed by atoms with Crippen molar-refractivity contribution in [2.24, 2.45) is 0 Å². The van der Waals surface area contributed by atoms with Crippen LogP contribution < -0.4 is 5.32 Å². The van der Waals surface area contributed by atoms with Crippen molar-refractivity contribution in [2.45, 2.75) is 12.7 Å². The van der Waals surface area contributed by atoms with Crippen molar-refractivity contribution in [1.82, 2.24) is 9.78 Å². The van der Waals surface area contributed by atoms with Gasteiger partial charge in [-0.3, -0.25) is 0 Å². The molecule has 6 heteroatoms. The molecule has 0 saturated heterocycles. The summed E-state index contributed by atoms with van der Waals surface area (Å²) in [4.78, 5) is 0. The second-order valence-corrected chi connectivity index (χ2v) is 4.42. The van der Waals surface area contributed by atoms with Crippen LogP contribution in [-0.2, 0) is 6.18 Å². The average molecular weight is 254 g/mol. The Labute approximate surface area is 98.9 Å². The van der Waals surface area contributed by atoms with Crippen LogP contribution in [0.25, 0.3) is 5.69 Å². The van der Waals surface area contributed by atoms with E-state index in [9.17, 15) is 13.2 Å². The zero-order valence-electron chi connectivity index (χ0n) is 8.99. The maximum absolute atomic E-state index is 12.8. The first kappa shape index (κ1) is 11.9. The highest BCUT2D eigenvalue weighted by Gasteiger charge is 2.36. The molecule has 0 N–H and O–H groups in total. The van der Waals surface area contributed by atoms with Crippen LogP contribution in [-0.4, -0.2) is 19.3 Å². The van der Waals surface area contributed by atoms with Crippen molar-refractivity contribution in [3.05, 3.63) is 42.1 Å². The number of benzene rings is 1. The van der Waals surface area contributed by atoms with Crippen LogP contribution in [0.2, 0.25) is 6.55 Å². The van der Waals surface area contributed by atoms with Crippen LogP contribution in [0.4, 0.5) is 13.2 Å². The highest BCUT2D eigenvalue weighted by atomic mass is 28.2. The van der Waals surface area contributed by atoms with Gasteiger partial charge in [0.05, 0.1) is 5.69 Å². The normalized spacial score (nSPS) is 11.8. The Balaban J connectivity index is 2.57. The Morgan fingerprint density at radius 1 is 1.18 bits per heavy atom. The molecule has 17 heavy (non-hydrogen) atoms. The third-order valence-electron chi connectivity index (χ3n) is 2.26. The summed E-state index contributed by atoms with van der Waals surface area (Å²) >= 11 is 0. The van der Waals surface area contributed by atoms with Gasteiger partial charge in [-0.25, -0.2) is 4.68 Å². The fraction of sp³-hybridized carbons (Fsp3) is 0.182. The lowest BCUT2D eigenvalue weighted by atomic mass is 10.3. The van der Waals surface area contributed by atoms with E-state index < -0.39 is 11.9 Å². The van der Waals surface area contributed by atoms with Crippen molar-refractivity contribution in [1.29, 1.82) is 0 Å². The van der Waals surface area contributed by atoms with Crippen molar-refractivity contribution in [3.63, 3.8) is 0 Å². The molecule has 1 aromatic carbocycles. The van der Waals surface area contributed by atoms with Crippen molar-refractivity contribution in [3.8, 4) is 5.69 Å². The molecule has 1 aromatic heterocycles. The minimum atomic E-state index is -4.39. The van der Waals surface area contributed by atoms with E-state index in [-0.39, 0.29) is 9.52 Å². The average Bonchev–Trinajstić information content (AvgIpc) is 2.74. The first-order valence-corrected chi connectivity index (χ1v) is 6.43. The zero-order chi connectivity index (χ0) is 12.5. The second-order valence-electron chi connectivity index (χ2n) is 3.41.